The van der Waals surface area contributed by atoms with E-state index in [0.29, 0.717) is 11.4 Å². The number of benzene rings is 2. The van der Waals surface area contributed by atoms with Crippen molar-refractivity contribution < 1.29 is 22.3 Å². The molecule has 1 N–H and O–H groups in total. The van der Waals surface area contributed by atoms with Gasteiger partial charge in [0.25, 0.3) is 0 Å². The molecule has 8 nitrogen and oxygen atoms in total. The second-order valence-electron chi connectivity index (χ2n) is 3.89. The van der Waals surface area contributed by atoms with Gasteiger partial charge in [0.2, 0.25) is 11.1 Å². The predicted molar refractivity (Wildman–Crippen MR) is 77.9 cm³/mol. The molecule has 0 heterocycles. The third-order valence-electron chi connectivity index (χ3n) is 2.35. The molecule has 2 rings (SSSR count). The minimum Gasteiger partial charge on any atom is -0.759 e. The molecule has 0 atom stereocenters. The number of nitrogens with one attached hydrogen (secondary N) is 1. The lowest BCUT2D eigenvalue weighted by Gasteiger charge is -2.06. The number of hydrogen-bond donors (Lipinski definition) is 1. The molecule has 0 spiro atoms. The van der Waals surface area contributed by atoms with Crippen LogP contribution in [0.4, 0.5) is 17.1 Å². The Balaban J connectivity index is 0.000000422. The summed E-state index contributed by atoms with van der Waals surface area (Å²) >= 11 is 0. The van der Waals surface area contributed by atoms with E-state index in [1.807, 2.05) is 36.4 Å². The molecule has 0 aliphatic heterocycles. The van der Waals surface area contributed by atoms with E-state index >= 15 is 0 Å². The van der Waals surface area contributed by atoms with Gasteiger partial charge in [-0.2, -0.15) is 0 Å². The van der Waals surface area contributed by atoms with E-state index in [1.54, 1.807) is 12.1 Å². The summed E-state index contributed by atoms with van der Waals surface area (Å²) in [6, 6.07) is 15.1. The number of methoxy groups -OCH3 is 1. The van der Waals surface area contributed by atoms with E-state index in [-0.39, 0.29) is 0 Å². The minimum atomic E-state index is -5.17. The molecule has 9 heteroatoms. The van der Waals surface area contributed by atoms with Gasteiger partial charge in [0.15, 0.2) is 4.98 Å². The van der Waals surface area contributed by atoms with Gasteiger partial charge in [-0.15, -0.1) is 0 Å². The Labute approximate surface area is 127 Å². The topological polar surface area (TPSA) is 130 Å². The van der Waals surface area contributed by atoms with Gasteiger partial charge < -0.3 is 19.2 Å². The fourth-order valence-electron chi connectivity index (χ4n) is 1.53. The molecular weight excluding hydrogens is 310 g/mol. The van der Waals surface area contributed by atoms with Crippen LogP contribution in [0.1, 0.15) is 0 Å². The third kappa shape index (κ3) is 6.67. The van der Waals surface area contributed by atoms with Gasteiger partial charge in [-0.1, -0.05) is 18.2 Å². The van der Waals surface area contributed by atoms with E-state index < -0.39 is 10.4 Å². The van der Waals surface area contributed by atoms with Gasteiger partial charge in [0, 0.05) is 33.9 Å². The van der Waals surface area contributed by atoms with Crippen LogP contribution in [-0.2, 0) is 10.4 Å². The highest BCUT2D eigenvalue weighted by molar-refractivity contribution is 7.79. The predicted octanol–water partition coefficient (Wildman–Crippen LogP) is 2.59. The monoisotopic (exact) mass is 322 g/mol. The van der Waals surface area contributed by atoms with Gasteiger partial charge in [0.1, 0.15) is 0 Å². The summed E-state index contributed by atoms with van der Waals surface area (Å²) in [7, 11) is -3.63. The highest BCUT2D eigenvalue weighted by Gasteiger charge is 2.14. The van der Waals surface area contributed by atoms with E-state index in [2.05, 4.69) is 10.3 Å². The average Bonchev–Trinajstić information content (AvgIpc) is 2.46. The Kier molecular flexibility index (Phi) is 6.27. The number of diazo groups is 1. The van der Waals surface area contributed by atoms with Crippen LogP contribution in [0.3, 0.4) is 0 Å². The molecule has 0 radical (unpaired) electrons. The first-order chi connectivity index (χ1) is 10.3. The van der Waals surface area contributed by atoms with Crippen molar-refractivity contribution in [2.45, 2.75) is 0 Å². The molecule has 0 fully saturated rings. The highest BCUT2D eigenvalue weighted by atomic mass is 32.3. The van der Waals surface area contributed by atoms with E-state index in [0.717, 1.165) is 11.4 Å². The van der Waals surface area contributed by atoms with Crippen LogP contribution >= 0.6 is 0 Å². The lowest BCUT2D eigenvalue weighted by Crippen LogP contribution is -1.91. The van der Waals surface area contributed by atoms with Gasteiger partial charge in [-0.25, -0.2) is 0 Å². The maximum Gasteiger partial charge on any atom is 0.426 e. The zero-order valence-electron chi connectivity index (χ0n) is 11.5. The Bertz CT molecular complexity index is 749. The van der Waals surface area contributed by atoms with Crippen molar-refractivity contribution in [3.8, 4) is 5.75 Å². The van der Waals surface area contributed by atoms with Crippen molar-refractivity contribution >= 4 is 27.5 Å². The molecule has 0 unspecified atom stereocenters. The van der Waals surface area contributed by atoms with Crippen molar-refractivity contribution in [1.29, 1.82) is 5.39 Å². The summed E-state index contributed by atoms with van der Waals surface area (Å²) in [5.74, 6) is 0.522. The van der Waals surface area contributed by atoms with Gasteiger partial charge in [-0.3, -0.25) is 8.42 Å². The molecule has 116 valence electrons. The fraction of sp³-hybridized carbons (Fsp3) is 0.0769. The van der Waals surface area contributed by atoms with Crippen molar-refractivity contribution in [3.63, 3.8) is 0 Å². The number of hydrogen-bond acceptors (Lipinski definition) is 7. The highest BCUT2D eigenvalue weighted by Crippen LogP contribution is 2.31. The Morgan fingerprint density at radius 1 is 1.09 bits per heavy atom. The minimum absolute atomic E-state index is 0.408. The van der Waals surface area contributed by atoms with Crippen LogP contribution in [0.2, 0.25) is 0 Å². The first kappa shape index (κ1) is 17.4. The number of ether oxygens (including phenoxy) is 1. The maximum absolute atomic E-state index is 8.75. The molecule has 0 saturated carbocycles. The lowest BCUT2D eigenvalue weighted by molar-refractivity contribution is 0.352. The Morgan fingerprint density at radius 2 is 1.68 bits per heavy atom. The van der Waals surface area contributed by atoms with Crippen molar-refractivity contribution in [2.24, 2.45) is 0 Å². The van der Waals surface area contributed by atoms with E-state index in [4.69, 9.17) is 27.7 Å². The zero-order valence-corrected chi connectivity index (χ0v) is 12.3. The molecule has 2 aromatic rings. The first-order valence-electron chi connectivity index (χ1n) is 5.85. The molecule has 0 aliphatic rings. The van der Waals surface area contributed by atoms with Crippen LogP contribution < -0.4 is 10.1 Å². The number of para-hydroxylation sites is 1. The molecular formula is C13H12N3O5S-. The number of anilines is 2. The summed E-state index contributed by atoms with van der Waals surface area (Å²) < 4.78 is 39.2. The van der Waals surface area contributed by atoms with Crippen molar-refractivity contribution in [2.75, 3.05) is 12.4 Å². The quantitative estimate of drug-likeness (QED) is 0.522. The molecule has 0 amide bonds. The molecule has 2 aromatic carbocycles. The van der Waals surface area contributed by atoms with Crippen LogP contribution in [0.25, 0.3) is 4.98 Å². The number of nitrogens with zero attached hydrogens (tertiary/aromatic N) is 2. The molecule has 0 aromatic heterocycles. The average molecular weight is 322 g/mol. The van der Waals surface area contributed by atoms with Crippen LogP contribution in [0.5, 0.6) is 5.75 Å². The first-order valence-corrected chi connectivity index (χ1v) is 7.18. The summed E-state index contributed by atoms with van der Waals surface area (Å²) in [6.45, 7) is 0. The van der Waals surface area contributed by atoms with Crippen LogP contribution in [-0.4, -0.2) is 24.6 Å². The third-order valence-corrected chi connectivity index (χ3v) is 2.35. The fourth-order valence-corrected chi connectivity index (χ4v) is 1.53. The van der Waals surface area contributed by atoms with Gasteiger partial charge in [-0.05, 0) is 18.2 Å². The summed E-state index contributed by atoms with van der Waals surface area (Å²) in [5, 5.41) is 12.0. The summed E-state index contributed by atoms with van der Waals surface area (Å²) in [5.41, 5.74) is 2.27. The van der Waals surface area contributed by atoms with Crippen molar-refractivity contribution in [3.05, 3.63) is 53.5 Å². The van der Waals surface area contributed by atoms with Gasteiger partial charge in [0.05, 0.1) is 7.11 Å². The second kappa shape index (κ2) is 7.94. The maximum atomic E-state index is 8.75. The largest absolute Gasteiger partial charge is 0.759 e. The number of rotatable bonds is 3. The standard InChI is InChI=1S/C13H12N3O.H2O4S/c1-17-13-9-11(7-8-12(13)16-14)15-10-5-3-2-4-6-10;1-5(2,3)4/h2-9,15H,1H3;(H2,1,2,3,4)/q+1;/p-2. The second-order valence-corrected chi connectivity index (χ2v) is 4.70. The zero-order chi connectivity index (χ0) is 16.6. The SMILES string of the molecule is COc1cc(Nc2ccccc2)ccc1[N+]#N.O=S(=O)([O-])[O-]. The van der Waals surface area contributed by atoms with E-state index in [9.17, 15) is 0 Å². The molecule has 0 bridgehead atoms. The Hall–Kier alpha value is -2.67. The summed E-state index contributed by atoms with van der Waals surface area (Å²) in [4.78, 5) is 3.14. The normalized spacial score (nSPS) is 9.91. The molecule has 0 saturated heterocycles. The smallest absolute Gasteiger partial charge is 0.426 e. The Morgan fingerprint density at radius 3 is 2.18 bits per heavy atom. The lowest BCUT2D eigenvalue weighted by atomic mass is 10.2. The van der Waals surface area contributed by atoms with E-state index in [1.165, 1.54) is 7.11 Å². The van der Waals surface area contributed by atoms with Crippen LogP contribution in [0, 0.1) is 5.39 Å². The molecule has 0 aliphatic carbocycles. The van der Waals surface area contributed by atoms with Crippen molar-refractivity contribution in [1.82, 2.24) is 0 Å². The molecule has 22 heavy (non-hydrogen) atoms. The summed E-state index contributed by atoms with van der Waals surface area (Å²) in [6.07, 6.45) is 0. The van der Waals surface area contributed by atoms with Gasteiger partial charge >= 0.3 is 5.69 Å². The van der Waals surface area contributed by atoms with Crippen LogP contribution in [0.15, 0.2) is 48.5 Å².